The van der Waals surface area contributed by atoms with Crippen molar-refractivity contribution in [2.75, 3.05) is 11.5 Å². The van der Waals surface area contributed by atoms with Gasteiger partial charge in [-0.1, -0.05) is 13.3 Å². The Morgan fingerprint density at radius 3 is 2.95 bits per heavy atom. The van der Waals surface area contributed by atoms with Crippen LogP contribution in [0.3, 0.4) is 0 Å². The van der Waals surface area contributed by atoms with Crippen LogP contribution in [0.4, 0.5) is 5.69 Å². The first kappa shape index (κ1) is 14.8. The Kier molecular flexibility index (Phi) is 4.47. The van der Waals surface area contributed by atoms with Gasteiger partial charge in [-0.3, -0.25) is 0 Å². The van der Waals surface area contributed by atoms with Gasteiger partial charge in [-0.15, -0.1) is 34.4 Å². The Balaban J connectivity index is 2.03. The Labute approximate surface area is 136 Å². The smallest absolute Gasteiger partial charge is 0.141 e. The van der Waals surface area contributed by atoms with E-state index in [9.17, 15) is 0 Å². The number of aryl methyl sites for hydroxylation is 1. The first-order chi connectivity index (χ1) is 10.2. The summed E-state index contributed by atoms with van der Waals surface area (Å²) in [6.45, 7) is 4.31. The number of hydrogen-bond donors (Lipinski definition) is 1. The molecule has 0 amide bonds. The second-order valence-corrected chi connectivity index (χ2v) is 8.10. The van der Waals surface area contributed by atoms with E-state index in [0.29, 0.717) is 0 Å². The Morgan fingerprint density at radius 1 is 1.38 bits per heavy atom. The lowest BCUT2D eigenvalue weighted by Gasteiger charge is -2.02. The topological polar surface area (TPSA) is 51.8 Å². The van der Waals surface area contributed by atoms with Crippen LogP contribution in [-0.4, -0.2) is 15.7 Å². The first-order valence-electron chi connectivity index (χ1n) is 6.93. The third-order valence-electron chi connectivity index (χ3n) is 3.24. The van der Waals surface area contributed by atoms with E-state index in [4.69, 9.17) is 10.7 Å². The molecule has 0 spiro atoms. The molecule has 0 atom stereocenters. The highest BCUT2D eigenvalue weighted by atomic mass is 32.2. The van der Waals surface area contributed by atoms with Gasteiger partial charge < -0.3 is 5.73 Å². The highest BCUT2D eigenvalue weighted by molar-refractivity contribution is 8.01. The molecule has 3 rings (SSSR count). The molecule has 3 aromatic heterocycles. The van der Waals surface area contributed by atoms with E-state index in [-0.39, 0.29) is 0 Å². The number of thiophene rings is 1. The van der Waals surface area contributed by atoms with Crippen molar-refractivity contribution in [3.63, 3.8) is 0 Å². The minimum absolute atomic E-state index is 0.895. The normalized spacial score (nSPS) is 11.3. The fourth-order valence-electron chi connectivity index (χ4n) is 2.17. The monoisotopic (exact) mass is 335 g/mol. The van der Waals surface area contributed by atoms with Crippen LogP contribution >= 0.6 is 34.4 Å². The van der Waals surface area contributed by atoms with E-state index >= 15 is 0 Å². The standard InChI is InChI=1S/C15H17N3S3/c1-3-4-6-20-15-12(16)11-9(2)8-10(18-14(11)21-15)13-17-5-7-19-13/h5,7-8H,3-4,6,16H2,1-2H3. The third kappa shape index (κ3) is 2.93. The summed E-state index contributed by atoms with van der Waals surface area (Å²) in [7, 11) is 0. The van der Waals surface area contributed by atoms with E-state index in [2.05, 4.69) is 24.9 Å². The van der Waals surface area contributed by atoms with Crippen molar-refractivity contribution >= 4 is 50.3 Å². The number of anilines is 1. The van der Waals surface area contributed by atoms with Crippen molar-refractivity contribution < 1.29 is 0 Å². The molecule has 3 heterocycles. The molecule has 0 aliphatic heterocycles. The van der Waals surface area contributed by atoms with Gasteiger partial charge in [-0.2, -0.15) is 0 Å². The molecule has 6 heteroatoms. The molecule has 0 saturated heterocycles. The van der Waals surface area contributed by atoms with E-state index in [1.165, 1.54) is 22.6 Å². The van der Waals surface area contributed by atoms with E-state index in [1.54, 1.807) is 22.7 Å². The zero-order valence-electron chi connectivity index (χ0n) is 12.0. The number of hydrogen-bond acceptors (Lipinski definition) is 6. The van der Waals surface area contributed by atoms with Gasteiger partial charge in [0.15, 0.2) is 0 Å². The van der Waals surface area contributed by atoms with Gasteiger partial charge >= 0.3 is 0 Å². The molecule has 0 saturated carbocycles. The van der Waals surface area contributed by atoms with Gasteiger partial charge in [0.25, 0.3) is 0 Å². The quantitative estimate of drug-likeness (QED) is 0.514. The second kappa shape index (κ2) is 6.34. The van der Waals surface area contributed by atoms with Crippen LogP contribution in [0.1, 0.15) is 25.3 Å². The Hall–Kier alpha value is -1.11. The van der Waals surface area contributed by atoms with Gasteiger partial charge in [0, 0.05) is 17.0 Å². The van der Waals surface area contributed by atoms with Crippen LogP contribution in [0, 0.1) is 6.92 Å². The van der Waals surface area contributed by atoms with Crippen LogP contribution < -0.4 is 5.73 Å². The molecule has 110 valence electrons. The predicted octanol–water partition coefficient (Wildman–Crippen LogP) is 5.20. The molecule has 0 fully saturated rings. The number of nitrogens with two attached hydrogens (primary N) is 1. The minimum atomic E-state index is 0.895. The molecule has 0 unspecified atom stereocenters. The second-order valence-electron chi connectivity index (χ2n) is 4.85. The van der Waals surface area contributed by atoms with Crippen LogP contribution in [0.5, 0.6) is 0 Å². The lowest BCUT2D eigenvalue weighted by atomic mass is 10.1. The van der Waals surface area contributed by atoms with Crippen molar-refractivity contribution in [3.05, 3.63) is 23.2 Å². The molecule has 21 heavy (non-hydrogen) atoms. The maximum Gasteiger partial charge on any atom is 0.141 e. The fraction of sp³-hybridized carbons (Fsp3) is 0.333. The molecule has 0 bridgehead atoms. The van der Waals surface area contributed by atoms with Gasteiger partial charge in [0.05, 0.1) is 9.90 Å². The average molecular weight is 336 g/mol. The van der Waals surface area contributed by atoms with E-state index in [0.717, 1.165) is 32.4 Å². The molecule has 0 aromatic carbocycles. The van der Waals surface area contributed by atoms with Crippen LogP contribution in [0.25, 0.3) is 20.9 Å². The highest BCUT2D eigenvalue weighted by Crippen LogP contribution is 2.42. The molecule has 0 aliphatic rings. The van der Waals surface area contributed by atoms with Gasteiger partial charge in [0.1, 0.15) is 15.5 Å². The average Bonchev–Trinajstić information content (AvgIpc) is 3.08. The molecule has 3 aromatic rings. The summed E-state index contributed by atoms with van der Waals surface area (Å²) in [5.74, 6) is 1.12. The zero-order chi connectivity index (χ0) is 14.8. The van der Waals surface area contributed by atoms with Crippen LogP contribution in [-0.2, 0) is 0 Å². The number of nitrogen functional groups attached to an aromatic ring is 1. The number of thioether (sulfide) groups is 1. The molecule has 2 N–H and O–H groups in total. The van der Waals surface area contributed by atoms with Crippen molar-refractivity contribution in [1.29, 1.82) is 0 Å². The van der Waals surface area contributed by atoms with Gasteiger partial charge in [-0.05, 0) is 30.7 Å². The lowest BCUT2D eigenvalue weighted by molar-refractivity contribution is 0.897. The number of unbranched alkanes of at least 4 members (excludes halogenated alkanes) is 1. The molecular formula is C15H17N3S3. The number of aromatic nitrogens is 2. The van der Waals surface area contributed by atoms with Crippen molar-refractivity contribution in [2.24, 2.45) is 0 Å². The van der Waals surface area contributed by atoms with Crippen molar-refractivity contribution in [2.45, 2.75) is 30.9 Å². The fourth-order valence-corrected chi connectivity index (χ4v) is 5.27. The Bertz CT molecular complexity index is 747. The van der Waals surface area contributed by atoms with Crippen molar-refractivity contribution in [1.82, 2.24) is 9.97 Å². The number of nitrogens with zero attached hydrogens (tertiary/aromatic N) is 2. The SMILES string of the molecule is CCCCSc1sc2nc(-c3nccs3)cc(C)c2c1N. The summed E-state index contributed by atoms with van der Waals surface area (Å²) in [4.78, 5) is 10.1. The molecule has 0 aliphatic carbocycles. The zero-order valence-corrected chi connectivity index (χ0v) is 14.5. The third-order valence-corrected chi connectivity index (χ3v) is 6.51. The number of fused-ring (bicyclic) bond motifs is 1. The van der Waals surface area contributed by atoms with Crippen LogP contribution in [0.2, 0.25) is 0 Å². The van der Waals surface area contributed by atoms with Gasteiger partial charge in [-0.25, -0.2) is 9.97 Å². The summed E-state index contributed by atoms with van der Waals surface area (Å²) >= 11 is 5.17. The summed E-state index contributed by atoms with van der Waals surface area (Å²) in [6, 6.07) is 2.09. The largest absolute Gasteiger partial charge is 0.397 e. The van der Waals surface area contributed by atoms with E-state index < -0.39 is 0 Å². The molecular weight excluding hydrogens is 318 g/mol. The van der Waals surface area contributed by atoms with Crippen LogP contribution in [0.15, 0.2) is 21.9 Å². The van der Waals surface area contributed by atoms with Gasteiger partial charge in [0.2, 0.25) is 0 Å². The highest BCUT2D eigenvalue weighted by Gasteiger charge is 2.15. The van der Waals surface area contributed by atoms with Crippen molar-refractivity contribution in [3.8, 4) is 10.7 Å². The predicted molar refractivity (Wildman–Crippen MR) is 95.5 cm³/mol. The maximum absolute atomic E-state index is 6.33. The molecule has 0 radical (unpaired) electrons. The summed E-state index contributed by atoms with van der Waals surface area (Å²) in [6.07, 6.45) is 4.24. The lowest BCUT2D eigenvalue weighted by Crippen LogP contribution is -1.89. The first-order valence-corrected chi connectivity index (χ1v) is 9.61. The Morgan fingerprint density at radius 2 is 2.24 bits per heavy atom. The summed E-state index contributed by atoms with van der Waals surface area (Å²) in [5, 5.41) is 4.05. The van der Waals surface area contributed by atoms with E-state index in [1.807, 2.05) is 23.3 Å². The summed E-state index contributed by atoms with van der Waals surface area (Å²) < 4.78 is 1.20. The summed E-state index contributed by atoms with van der Waals surface area (Å²) in [5.41, 5.74) is 9.35. The molecule has 3 nitrogen and oxygen atoms in total. The number of rotatable bonds is 5. The minimum Gasteiger partial charge on any atom is -0.397 e. The number of pyridine rings is 1. The maximum atomic E-state index is 6.33. The number of thiazole rings is 1.